The lowest BCUT2D eigenvalue weighted by molar-refractivity contribution is 0.308. The lowest BCUT2D eigenvalue weighted by Gasteiger charge is -2.07. The molecule has 1 aliphatic heterocycles. The molecule has 15 heavy (non-hydrogen) atoms. The number of thioether (sulfide) groups is 1. The molecular formula is C10H15N3OS. The lowest BCUT2D eigenvalue weighted by Crippen LogP contribution is -2.16. The third kappa shape index (κ3) is 4.80. The number of hydrogen-bond donors (Lipinski definition) is 1. The fourth-order valence-electron chi connectivity index (χ4n) is 0.924. The van der Waals surface area contributed by atoms with E-state index in [1.165, 1.54) is 11.8 Å². The predicted molar refractivity (Wildman–Crippen MR) is 66.3 cm³/mol. The van der Waals surface area contributed by atoms with Crippen molar-refractivity contribution in [3.05, 3.63) is 23.9 Å². The molecule has 1 rings (SSSR count). The second kappa shape index (κ2) is 6.42. The van der Waals surface area contributed by atoms with Crippen molar-refractivity contribution in [3.8, 4) is 0 Å². The molecular weight excluding hydrogens is 210 g/mol. The van der Waals surface area contributed by atoms with Gasteiger partial charge < -0.3 is 10.1 Å². The van der Waals surface area contributed by atoms with Gasteiger partial charge in [-0.25, -0.2) is 4.99 Å². The molecule has 0 aromatic heterocycles. The summed E-state index contributed by atoms with van der Waals surface area (Å²) < 4.78 is 5.42. The molecule has 0 radical (unpaired) electrons. The Kier molecular flexibility index (Phi) is 5.14. The summed E-state index contributed by atoms with van der Waals surface area (Å²) in [6.45, 7) is 7.10. The minimum atomic E-state index is 0.555. The van der Waals surface area contributed by atoms with E-state index in [4.69, 9.17) is 4.74 Å². The molecule has 0 bridgehead atoms. The number of hydrogen-bond acceptors (Lipinski definition) is 5. The van der Waals surface area contributed by atoms with Crippen LogP contribution in [-0.4, -0.2) is 31.1 Å². The molecule has 5 heteroatoms. The van der Waals surface area contributed by atoms with Gasteiger partial charge in [0.25, 0.3) is 0 Å². The summed E-state index contributed by atoms with van der Waals surface area (Å²) in [6, 6.07) is 0. The zero-order chi connectivity index (χ0) is 11.1. The number of aliphatic imine (C=N–C) groups is 2. The van der Waals surface area contributed by atoms with Crippen molar-refractivity contribution in [2.24, 2.45) is 9.98 Å². The third-order valence-corrected chi connectivity index (χ3v) is 2.30. The Morgan fingerprint density at radius 2 is 2.40 bits per heavy atom. The van der Waals surface area contributed by atoms with E-state index in [0.29, 0.717) is 17.5 Å². The first-order chi connectivity index (χ1) is 7.22. The van der Waals surface area contributed by atoms with Crippen molar-refractivity contribution in [1.29, 1.82) is 0 Å². The van der Waals surface area contributed by atoms with E-state index in [0.717, 1.165) is 11.6 Å². The van der Waals surface area contributed by atoms with Gasteiger partial charge in [0.2, 0.25) is 5.90 Å². The van der Waals surface area contributed by atoms with Crippen LogP contribution in [0, 0.1) is 0 Å². The van der Waals surface area contributed by atoms with E-state index in [-0.39, 0.29) is 0 Å². The van der Waals surface area contributed by atoms with Gasteiger partial charge in [0, 0.05) is 18.8 Å². The van der Waals surface area contributed by atoms with Crippen LogP contribution in [-0.2, 0) is 4.74 Å². The highest BCUT2D eigenvalue weighted by Gasteiger charge is 2.02. The molecule has 0 amide bonds. The molecule has 0 aromatic rings. The summed E-state index contributed by atoms with van der Waals surface area (Å²) in [4.78, 5) is 8.40. The van der Waals surface area contributed by atoms with Crippen molar-refractivity contribution in [2.75, 3.05) is 20.2 Å². The molecule has 0 atom stereocenters. The number of likely N-dealkylation sites (N-methyl/N-ethyl adjacent to an activating group) is 1. The molecule has 4 nitrogen and oxygen atoms in total. The van der Waals surface area contributed by atoms with Gasteiger partial charge in [-0.1, -0.05) is 18.3 Å². The molecule has 1 heterocycles. The van der Waals surface area contributed by atoms with Gasteiger partial charge in [0.15, 0.2) is 0 Å². The van der Waals surface area contributed by atoms with E-state index in [1.54, 1.807) is 12.3 Å². The Morgan fingerprint density at radius 3 is 3.13 bits per heavy atom. The van der Waals surface area contributed by atoms with E-state index in [1.807, 2.05) is 14.0 Å². The molecule has 0 saturated heterocycles. The van der Waals surface area contributed by atoms with Gasteiger partial charge in [-0.05, 0) is 14.0 Å². The van der Waals surface area contributed by atoms with Gasteiger partial charge in [-0.15, -0.1) is 0 Å². The highest BCUT2D eigenvalue weighted by atomic mass is 32.2. The summed E-state index contributed by atoms with van der Waals surface area (Å²) in [5, 5.41) is 4.61. The van der Waals surface area contributed by atoms with Gasteiger partial charge in [0.05, 0.1) is 10.1 Å². The molecule has 0 unspecified atom stereocenters. The highest BCUT2D eigenvalue weighted by Crippen LogP contribution is 2.18. The minimum Gasteiger partial charge on any atom is -0.476 e. The van der Waals surface area contributed by atoms with Crippen LogP contribution >= 0.6 is 11.8 Å². The first-order valence-corrected chi connectivity index (χ1v) is 5.48. The Morgan fingerprint density at radius 1 is 1.60 bits per heavy atom. The van der Waals surface area contributed by atoms with Gasteiger partial charge in [-0.2, -0.15) is 0 Å². The largest absolute Gasteiger partial charge is 0.476 e. The van der Waals surface area contributed by atoms with Crippen LogP contribution in [0.3, 0.4) is 0 Å². The zero-order valence-corrected chi connectivity index (χ0v) is 9.80. The molecule has 82 valence electrons. The SMILES string of the molecule is C=C1/N=C(OCCNC)\C=C/N=C(C)S1. The topological polar surface area (TPSA) is 46.0 Å². The average molecular weight is 225 g/mol. The Labute approximate surface area is 94.2 Å². The van der Waals surface area contributed by atoms with E-state index in [9.17, 15) is 0 Å². The smallest absolute Gasteiger partial charge is 0.215 e. The quantitative estimate of drug-likeness (QED) is 0.745. The summed E-state index contributed by atoms with van der Waals surface area (Å²) >= 11 is 1.44. The minimum absolute atomic E-state index is 0.555. The van der Waals surface area contributed by atoms with Gasteiger partial charge in [-0.3, -0.25) is 4.99 Å². The Balaban J connectivity index is 2.59. The molecule has 0 spiro atoms. The summed E-state index contributed by atoms with van der Waals surface area (Å²) in [6.07, 6.45) is 3.43. The van der Waals surface area contributed by atoms with Crippen LogP contribution in [0.5, 0.6) is 0 Å². The standard InChI is InChI=1S/C10H15N3OS/c1-8-12-5-4-10(13-9(2)15-8)14-7-6-11-3/h4-5,11H,2,6-7H2,1,3H3/b5-4-,12-8?,13-10+. The molecule has 1 N–H and O–H groups in total. The van der Waals surface area contributed by atoms with Gasteiger partial charge in [0.1, 0.15) is 6.61 Å². The molecule has 0 saturated carbocycles. The summed E-state index contributed by atoms with van der Waals surface area (Å²) in [5.41, 5.74) is 0. The first kappa shape index (κ1) is 12.0. The normalized spacial score (nSPS) is 22.1. The summed E-state index contributed by atoms with van der Waals surface area (Å²) in [5.74, 6) is 0.555. The van der Waals surface area contributed by atoms with Crippen LogP contribution in [0.2, 0.25) is 0 Å². The number of ether oxygens (including phenoxy) is 1. The third-order valence-electron chi connectivity index (χ3n) is 1.58. The van der Waals surface area contributed by atoms with Crippen LogP contribution in [0.1, 0.15) is 6.92 Å². The van der Waals surface area contributed by atoms with Crippen molar-refractivity contribution in [2.45, 2.75) is 6.92 Å². The second-order valence-electron chi connectivity index (χ2n) is 2.86. The first-order valence-electron chi connectivity index (χ1n) is 4.66. The molecule has 0 aliphatic carbocycles. The lowest BCUT2D eigenvalue weighted by atomic mass is 10.5. The van der Waals surface area contributed by atoms with Crippen LogP contribution in [0.25, 0.3) is 0 Å². The maximum Gasteiger partial charge on any atom is 0.215 e. The molecule has 1 aliphatic rings. The number of nitrogens with one attached hydrogen (secondary N) is 1. The number of rotatable bonds is 3. The second-order valence-corrected chi connectivity index (χ2v) is 4.13. The summed E-state index contributed by atoms with van der Waals surface area (Å²) in [7, 11) is 1.88. The van der Waals surface area contributed by atoms with E-state index in [2.05, 4.69) is 21.9 Å². The van der Waals surface area contributed by atoms with Crippen molar-refractivity contribution < 1.29 is 4.74 Å². The van der Waals surface area contributed by atoms with Crippen molar-refractivity contribution >= 4 is 22.7 Å². The predicted octanol–water partition coefficient (Wildman–Crippen LogP) is 1.77. The van der Waals surface area contributed by atoms with E-state index >= 15 is 0 Å². The van der Waals surface area contributed by atoms with Crippen LogP contribution in [0.4, 0.5) is 0 Å². The Hall–Kier alpha value is -1.07. The highest BCUT2D eigenvalue weighted by molar-refractivity contribution is 8.17. The van der Waals surface area contributed by atoms with E-state index < -0.39 is 0 Å². The fourth-order valence-corrected chi connectivity index (χ4v) is 1.51. The maximum absolute atomic E-state index is 5.42. The maximum atomic E-state index is 5.42. The fraction of sp³-hybridized carbons (Fsp3) is 0.400. The van der Waals surface area contributed by atoms with Crippen LogP contribution in [0.15, 0.2) is 33.9 Å². The molecule has 0 aromatic carbocycles. The number of nitrogens with zero attached hydrogens (tertiary/aromatic N) is 2. The van der Waals surface area contributed by atoms with Gasteiger partial charge >= 0.3 is 0 Å². The Bertz CT molecular complexity index is 321. The van der Waals surface area contributed by atoms with Crippen molar-refractivity contribution in [3.63, 3.8) is 0 Å². The van der Waals surface area contributed by atoms with Crippen LogP contribution < -0.4 is 5.32 Å². The van der Waals surface area contributed by atoms with Crippen molar-refractivity contribution in [1.82, 2.24) is 5.32 Å². The monoisotopic (exact) mass is 225 g/mol. The molecule has 0 fully saturated rings. The zero-order valence-electron chi connectivity index (χ0n) is 8.99. The average Bonchev–Trinajstić information content (AvgIpc) is 2.15.